The van der Waals surface area contributed by atoms with Crippen LogP contribution in [0.4, 0.5) is 19.0 Å². The zero-order chi connectivity index (χ0) is 16.3. The average molecular weight is 350 g/mol. The molecule has 1 aromatic carbocycles. The van der Waals surface area contributed by atoms with Crippen molar-refractivity contribution < 1.29 is 18.0 Å². The van der Waals surface area contributed by atoms with E-state index in [0.29, 0.717) is 0 Å². The molecule has 0 fully saturated rings. The average Bonchev–Trinajstić information content (AvgIpc) is 2.44. The fraction of sp³-hybridized carbons (Fsp3) is 0.0769. The summed E-state index contributed by atoms with van der Waals surface area (Å²) in [5.74, 6) is -1.32. The summed E-state index contributed by atoms with van der Waals surface area (Å²) in [4.78, 5) is 15.5. The molecular formula is C13H8Cl2F3N3O. The molecule has 2 rings (SSSR count). The predicted octanol–water partition coefficient (Wildman–Crippen LogP) is 4.16. The number of benzene rings is 1. The second-order valence-electron chi connectivity index (χ2n) is 4.07. The molecule has 1 aromatic heterocycles. The van der Waals surface area contributed by atoms with Crippen molar-refractivity contribution in [2.24, 2.45) is 0 Å². The van der Waals surface area contributed by atoms with Crippen LogP contribution in [0, 0.1) is 0 Å². The normalized spacial score (nSPS) is 11.1. The Morgan fingerprint density at radius 3 is 2.32 bits per heavy atom. The summed E-state index contributed by atoms with van der Waals surface area (Å²) in [7, 11) is 0. The minimum Gasteiger partial charge on any atom is -0.281 e. The monoisotopic (exact) mass is 349 g/mol. The van der Waals surface area contributed by atoms with Crippen LogP contribution in [0.3, 0.4) is 0 Å². The zero-order valence-corrected chi connectivity index (χ0v) is 12.2. The summed E-state index contributed by atoms with van der Waals surface area (Å²) in [6.07, 6.45) is -3.45. The maximum absolute atomic E-state index is 12.8. The van der Waals surface area contributed by atoms with E-state index in [1.165, 1.54) is 18.2 Å². The number of carbonyl (C=O) groups excluding carboxylic acids is 1. The number of rotatable bonds is 3. The Labute approximate surface area is 133 Å². The van der Waals surface area contributed by atoms with E-state index in [0.717, 1.165) is 18.3 Å². The van der Waals surface area contributed by atoms with E-state index in [1.54, 1.807) is 0 Å². The summed E-state index contributed by atoms with van der Waals surface area (Å²) in [6.45, 7) is 0. The molecule has 9 heteroatoms. The molecule has 0 aliphatic carbocycles. The first kappa shape index (κ1) is 16.4. The lowest BCUT2D eigenvalue weighted by molar-refractivity contribution is -0.137. The van der Waals surface area contributed by atoms with E-state index in [4.69, 9.17) is 23.2 Å². The van der Waals surface area contributed by atoms with Crippen molar-refractivity contribution in [3.8, 4) is 0 Å². The third kappa shape index (κ3) is 3.61. The number of anilines is 1. The molecule has 0 unspecified atom stereocenters. The Bertz CT molecular complexity index is 687. The number of hydrogen-bond acceptors (Lipinski definition) is 3. The van der Waals surface area contributed by atoms with Crippen LogP contribution in [-0.4, -0.2) is 10.9 Å². The third-order valence-corrected chi connectivity index (χ3v) is 3.23. The van der Waals surface area contributed by atoms with Gasteiger partial charge in [0.1, 0.15) is 0 Å². The molecule has 0 saturated carbocycles. The molecule has 0 radical (unpaired) electrons. The number of aromatic nitrogens is 1. The maximum Gasteiger partial charge on any atom is 0.420 e. The first-order valence-corrected chi connectivity index (χ1v) is 6.59. The maximum atomic E-state index is 12.8. The number of hydrogen-bond donors (Lipinski definition) is 2. The Balaban J connectivity index is 2.19. The molecular weight excluding hydrogens is 342 g/mol. The number of nitrogens with zero attached hydrogens (tertiary/aromatic N) is 1. The van der Waals surface area contributed by atoms with Gasteiger partial charge in [-0.15, -0.1) is 0 Å². The minimum atomic E-state index is -4.61. The van der Waals surface area contributed by atoms with E-state index >= 15 is 0 Å². The van der Waals surface area contributed by atoms with Crippen LogP contribution in [0.25, 0.3) is 0 Å². The molecule has 0 atom stereocenters. The lowest BCUT2D eigenvalue weighted by atomic mass is 10.2. The summed E-state index contributed by atoms with van der Waals surface area (Å²) in [5.41, 5.74) is 3.15. The van der Waals surface area contributed by atoms with E-state index in [2.05, 4.69) is 15.8 Å². The lowest BCUT2D eigenvalue weighted by Gasteiger charge is -2.14. The van der Waals surface area contributed by atoms with Gasteiger partial charge in [0.2, 0.25) is 0 Å². The number of pyridine rings is 1. The molecule has 1 heterocycles. The molecule has 0 aliphatic rings. The van der Waals surface area contributed by atoms with Gasteiger partial charge in [-0.1, -0.05) is 29.3 Å². The molecule has 4 nitrogen and oxygen atoms in total. The summed E-state index contributed by atoms with van der Waals surface area (Å²) >= 11 is 11.7. The van der Waals surface area contributed by atoms with Gasteiger partial charge in [-0.2, -0.15) is 13.2 Å². The van der Waals surface area contributed by atoms with Crippen molar-refractivity contribution in [1.29, 1.82) is 0 Å². The molecule has 2 aromatic rings. The molecule has 22 heavy (non-hydrogen) atoms. The van der Waals surface area contributed by atoms with Crippen molar-refractivity contribution in [2.45, 2.75) is 6.18 Å². The van der Waals surface area contributed by atoms with Crippen molar-refractivity contribution >= 4 is 34.9 Å². The van der Waals surface area contributed by atoms with Crippen LogP contribution in [0.2, 0.25) is 10.0 Å². The molecule has 0 saturated heterocycles. The summed E-state index contributed by atoms with van der Waals surface area (Å²) < 4.78 is 38.4. The SMILES string of the molecule is O=C(NNc1ncccc1C(F)(F)F)c1c(Cl)cccc1Cl. The van der Waals surface area contributed by atoms with Crippen molar-refractivity contribution in [3.05, 3.63) is 57.7 Å². The van der Waals surface area contributed by atoms with E-state index in [1.807, 2.05) is 0 Å². The van der Waals surface area contributed by atoms with E-state index < -0.39 is 23.5 Å². The minimum absolute atomic E-state index is 0.0529. The van der Waals surface area contributed by atoms with Gasteiger partial charge in [-0.25, -0.2) is 4.98 Å². The molecule has 0 bridgehead atoms. The standard InChI is InChI=1S/C13H8Cl2F3N3O/c14-8-4-1-5-9(15)10(8)12(22)21-20-11-7(13(16,17)18)3-2-6-19-11/h1-6H,(H,19,20)(H,21,22). The van der Waals surface area contributed by atoms with Crippen molar-refractivity contribution in [3.63, 3.8) is 0 Å². The van der Waals surface area contributed by atoms with Gasteiger partial charge in [0.15, 0.2) is 5.82 Å². The smallest absolute Gasteiger partial charge is 0.281 e. The van der Waals surface area contributed by atoms with Gasteiger partial charge in [-0.05, 0) is 24.3 Å². The highest BCUT2D eigenvalue weighted by molar-refractivity contribution is 6.39. The highest BCUT2D eigenvalue weighted by Crippen LogP contribution is 2.33. The van der Waals surface area contributed by atoms with Gasteiger partial charge in [0.25, 0.3) is 5.91 Å². The van der Waals surface area contributed by atoms with Crippen LogP contribution in [-0.2, 0) is 6.18 Å². The Hall–Kier alpha value is -1.99. The largest absolute Gasteiger partial charge is 0.420 e. The molecule has 2 N–H and O–H groups in total. The van der Waals surface area contributed by atoms with E-state index in [-0.39, 0.29) is 15.6 Å². The first-order chi connectivity index (χ1) is 10.3. The highest BCUT2D eigenvalue weighted by atomic mass is 35.5. The number of halogens is 5. The lowest BCUT2D eigenvalue weighted by Crippen LogP contribution is -2.31. The highest BCUT2D eigenvalue weighted by Gasteiger charge is 2.34. The van der Waals surface area contributed by atoms with Crippen LogP contribution < -0.4 is 10.9 Å². The molecule has 0 aliphatic heterocycles. The summed E-state index contributed by atoms with van der Waals surface area (Å²) in [6, 6.07) is 6.38. The third-order valence-electron chi connectivity index (χ3n) is 2.60. The number of hydrazine groups is 1. The number of carbonyl (C=O) groups is 1. The number of amides is 1. The van der Waals surface area contributed by atoms with E-state index in [9.17, 15) is 18.0 Å². The van der Waals surface area contributed by atoms with Gasteiger partial charge in [0, 0.05) is 6.20 Å². The Kier molecular flexibility index (Phi) is 4.77. The molecule has 116 valence electrons. The second kappa shape index (κ2) is 6.41. The Morgan fingerprint density at radius 1 is 1.09 bits per heavy atom. The predicted molar refractivity (Wildman–Crippen MR) is 76.8 cm³/mol. The van der Waals surface area contributed by atoms with Gasteiger partial charge >= 0.3 is 6.18 Å². The van der Waals surface area contributed by atoms with Gasteiger partial charge < -0.3 is 0 Å². The quantitative estimate of drug-likeness (QED) is 0.818. The topological polar surface area (TPSA) is 54.0 Å². The van der Waals surface area contributed by atoms with Crippen LogP contribution in [0.15, 0.2) is 36.5 Å². The molecule has 1 amide bonds. The zero-order valence-electron chi connectivity index (χ0n) is 10.7. The fourth-order valence-corrected chi connectivity index (χ4v) is 2.20. The van der Waals surface area contributed by atoms with Gasteiger partial charge in [0.05, 0.1) is 21.2 Å². The number of alkyl halides is 3. The fourth-order valence-electron chi connectivity index (χ4n) is 1.63. The van der Waals surface area contributed by atoms with Crippen molar-refractivity contribution in [1.82, 2.24) is 10.4 Å². The molecule has 0 spiro atoms. The van der Waals surface area contributed by atoms with Crippen LogP contribution in [0.5, 0.6) is 0 Å². The van der Waals surface area contributed by atoms with Crippen LogP contribution in [0.1, 0.15) is 15.9 Å². The summed E-state index contributed by atoms with van der Waals surface area (Å²) in [5, 5.41) is 0.146. The second-order valence-corrected chi connectivity index (χ2v) is 4.89. The van der Waals surface area contributed by atoms with Crippen molar-refractivity contribution in [2.75, 3.05) is 5.43 Å². The Morgan fingerprint density at radius 2 is 1.73 bits per heavy atom. The number of nitrogens with one attached hydrogen (secondary N) is 2. The van der Waals surface area contributed by atoms with Gasteiger partial charge in [-0.3, -0.25) is 15.6 Å². The first-order valence-electron chi connectivity index (χ1n) is 5.83. The van der Waals surface area contributed by atoms with Crippen LogP contribution >= 0.6 is 23.2 Å².